The van der Waals surface area contributed by atoms with E-state index in [9.17, 15) is 9.59 Å². The monoisotopic (exact) mass is 254 g/mol. The van der Waals surface area contributed by atoms with Crippen LogP contribution in [0, 0.1) is 0 Å². The molecule has 1 aromatic rings. The standard InChI is InChI=1S/C11H18N4O3/c1-4-9-13-10(5-7(2)12-8(3)16)15(14-9)6-11(17)18/h7H,4-6H2,1-3H3,(H,12,16)(H,17,18)/t7-/m0/s1. The number of aromatic nitrogens is 3. The molecule has 1 rings (SSSR count). The van der Waals surface area contributed by atoms with Crippen LogP contribution in [0.2, 0.25) is 0 Å². The second-order valence-corrected chi connectivity index (χ2v) is 4.15. The van der Waals surface area contributed by atoms with Crippen LogP contribution in [0.4, 0.5) is 0 Å². The van der Waals surface area contributed by atoms with Crippen LogP contribution in [-0.2, 0) is 29.0 Å². The Kier molecular flexibility index (Phi) is 4.82. The van der Waals surface area contributed by atoms with Crippen molar-refractivity contribution in [2.45, 2.75) is 46.2 Å². The zero-order valence-corrected chi connectivity index (χ0v) is 10.8. The van der Waals surface area contributed by atoms with Crippen molar-refractivity contribution >= 4 is 11.9 Å². The van der Waals surface area contributed by atoms with Gasteiger partial charge in [-0.05, 0) is 6.92 Å². The van der Waals surface area contributed by atoms with E-state index in [2.05, 4.69) is 15.4 Å². The zero-order valence-electron chi connectivity index (χ0n) is 10.8. The number of nitrogens with one attached hydrogen (secondary N) is 1. The van der Waals surface area contributed by atoms with E-state index in [1.165, 1.54) is 11.6 Å². The third-order valence-electron chi connectivity index (χ3n) is 2.33. The van der Waals surface area contributed by atoms with Gasteiger partial charge in [0, 0.05) is 25.8 Å². The van der Waals surface area contributed by atoms with Crippen molar-refractivity contribution in [3.63, 3.8) is 0 Å². The van der Waals surface area contributed by atoms with Gasteiger partial charge in [0.15, 0.2) is 5.82 Å². The maximum Gasteiger partial charge on any atom is 0.325 e. The van der Waals surface area contributed by atoms with Gasteiger partial charge in [-0.1, -0.05) is 6.92 Å². The van der Waals surface area contributed by atoms with Crippen LogP contribution in [0.15, 0.2) is 0 Å². The Labute approximate surface area is 105 Å². The fraction of sp³-hybridized carbons (Fsp3) is 0.636. The first kappa shape index (κ1) is 14.1. The van der Waals surface area contributed by atoms with Gasteiger partial charge >= 0.3 is 5.97 Å². The summed E-state index contributed by atoms with van der Waals surface area (Å²) >= 11 is 0. The third-order valence-corrected chi connectivity index (χ3v) is 2.33. The van der Waals surface area contributed by atoms with Crippen molar-refractivity contribution in [1.29, 1.82) is 0 Å². The first-order valence-corrected chi connectivity index (χ1v) is 5.83. The van der Waals surface area contributed by atoms with E-state index >= 15 is 0 Å². The van der Waals surface area contributed by atoms with E-state index in [1.54, 1.807) is 0 Å². The van der Waals surface area contributed by atoms with Gasteiger partial charge in [0.2, 0.25) is 5.91 Å². The first-order valence-electron chi connectivity index (χ1n) is 5.83. The quantitative estimate of drug-likeness (QED) is 0.744. The van der Waals surface area contributed by atoms with Crippen LogP contribution >= 0.6 is 0 Å². The lowest BCUT2D eigenvalue weighted by Crippen LogP contribution is -2.33. The minimum Gasteiger partial charge on any atom is -0.480 e. The van der Waals surface area contributed by atoms with Crippen molar-refractivity contribution in [3.8, 4) is 0 Å². The summed E-state index contributed by atoms with van der Waals surface area (Å²) in [5.74, 6) is 0.107. The predicted octanol–water partition coefficient (Wildman–Crippen LogP) is -0.00780. The average Bonchev–Trinajstić information content (AvgIpc) is 2.58. The second-order valence-electron chi connectivity index (χ2n) is 4.15. The number of carbonyl (C=O) groups is 2. The van der Waals surface area contributed by atoms with Crippen LogP contribution in [0.3, 0.4) is 0 Å². The van der Waals surface area contributed by atoms with Gasteiger partial charge in [0.25, 0.3) is 0 Å². The average molecular weight is 254 g/mol. The number of carbonyl (C=O) groups excluding carboxylic acids is 1. The lowest BCUT2D eigenvalue weighted by molar-refractivity contribution is -0.138. The molecule has 1 amide bonds. The predicted molar refractivity (Wildman–Crippen MR) is 64.0 cm³/mol. The molecule has 0 fully saturated rings. The van der Waals surface area contributed by atoms with Gasteiger partial charge < -0.3 is 10.4 Å². The largest absolute Gasteiger partial charge is 0.480 e. The zero-order chi connectivity index (χ0) is 13.7. The summed E-state index contributed by atoms with van der Waals surface area (Å²) in [4.78, 5) is 25.9. The molecule has 2 N–H and O–H groups in total. The van der Waals surface area contributed by atoms with Crippen molar-refractivity contribution < 1.29 is 14.7 Å². The number of aryl methyl sites for hydroxylation is 1. The highest BCUT2D eigenvalue weighted by atomic mass is 16.4. The molecular weight excluding hydrogens is 236 g/mol. The highest BCUT2D eigenvalue weighted by Gasteiger charge is 2.14. The number of amides is 1. The Balaban J connectivity index is 2.81. The Morgan fingerprint density at radius 1 is 1.50 bits per heavy atom. The summed E-state index contributed by atoms with van der Waals surface area (Å²) in [6.45, 7) is 4.97. The van der Waals surface area contributed by atoms with Crippen molar-refractivity contribution in [3.05, 3.63) is 11.6 Å². The Bertz CT molecular complexity index is 441. The Morgan fingerprint density at radius 2 is 2.17 bits per heavy atom. The Morgan fingerprint density at radius 3 is 2.67 bits per heavy atom. The van der Waals surface area contributed by atoms with Gasteiger partial charge in [0.05, 0.1) is 0 Å². The van der Waals surface area contributed by atoms with E-state index in [-0.39, 0.29) is 18.5 Å². The molecule has 1 atom stereocenters. The molecule has 0 bridgehead atoms. The lowest BCUT2D eigenvalue weighted by Gasteiger charge is -2.11. The first-order chi connectivity index (χ1) is 8.42. The van der Waals surface area contributed by atoms with Crippen molar-refractivity contribution in [2.24, 2.45) is 0 Å². The lowest BCUT2D eigenvalue weighted by atomic mass is 10.2. The van der Waals surface area contributed by atoms with Gasteiger partial charge in [-0.15, -0.1) is 0 Å². The van der Waals surface area contributed by atoms with E-state index in [1.807, 2.05) is 13.8 Å². The normalized spacial score (nSPS) is 12.2. The molecule has 0 aliphatic rings. The summed E-state index contributed by atoms with van der Waals surface area (Å²) in [7, 11) is 0. The highest BCUT2D eigenvalue weighted by Crippen LogP contribution is 2.04. The SMILES string of the molecule is CCc1nc(C[C@H](C)NC(C)=O)n(CC(=O)O)n1. The highest BCUT2D eigenvalue weighted by molar-refractivity contribution is 5.73. The molecule has 18 heavy (non-hydrogen) atoms. The van der Waals surface area contributed by atoms with Crippen molar-refractivity contribution in [1.82, 2.24) is 20.1 Å². The summed E-state index contributed by atoms with van der Waals surface area (Å²) in [5, 5.41) is 15.6. The topological polar surface area (TPSA) is 97.1 Å². The third kappa shape index (κ3) is 4.15. The molecule has 0 aliphatic heterocycles. The van der Waals surface area contributed by atoms with Gasteiger partial charge in [0.1, 0.15) is 12.4 Å². The number of carboxylic acids is 1. The van der Waals surface area contributed by atoms with E-state index in [0.29, 0.717) is 24.5 Å². The molecule has 0 spiro atoms. The number of carboxylic acid groups (broad SMARTS) is 1. The summed E-state index contributed by atoms with van der Waals surface area (Å²) in [6.07, 6.45) is 1.11. The smallest absolute Gasteiger partial charge is 0.325 e. The molecule has 1 heterocycles. The van der Waals surface area contributed by atoms with Gasteiger partial charge in [-0.2, -0.15) is 5.10 Å². The molecule has 0 saturated heterocycles. The molecule has 7 nitrogen and oxygen atoms in total. The molecular formula is C11H18N4O3. The Hall–Kier alpha value is -1.92. The number of hydrogen-bond donors (Lipinski definition) is 2. The molecule has 7 heteroatoms. The van der Waals surface area contributed by atoms with Crippen LogP contribution in [0.5, 0.6) is 0 Å². The summed E-state index contributed by atoms with van der Waals surface area (Å²) < 4.78 is 1.37. The number of rotatable bonds is 6. The number of hydrogen-bond acceptors (Lipinski definition) is 4. The van der Waals surface area contributed by atoms with Crippen LogP contribution in [0.25, 0.3) is 0 Å². The molecule has 100 valence electrons. The molecule has 0 saturated carbocycles. The van der Waals surface area contributed by atoms with Gasteiger partial charge in [-0.25, -0.2) is 9.67 Å². The molecule has 0 radical (unpaired) electrons. The molecule has 0 aromatic carbocycles. The van der Waals surface area contributed by atoms with Crippen LogP contribution in [-0.4, -0.2) is 37.8 Å². The molecule has 1 aromatic heterocycles. The van der Waals surface area contributed by atoms with Crippen LogP contribution < -0.4 is 5.32 Å². The van der Waals surface area contributed by atoms with Gasteiger partial charge in [-0.3, -0.25) is 9.59 Å². The minimum absolute atomic E-state index is 0.107. The van der Waals surface area contributed by atoms with E-state index in [4.69, 9.17) is 5.11 Å². The second kappa shape index (κ2) is 6.13. The maximum absolute atomic E-state index is 10.9. The molecule has 0 aliphatic carbocycles. The number of nitrogens with zero attached hydrogens (tertiary/aromatic N) is 3. The maximum atomic E-state index is 10.9. The minimum atomic E-state index is -0.962. The summed E-state index contributed by atoms with van der Waals surface area (Å²) in [6, 6.07) is -0.107. The fourth-order valence-corrected chi connectivity index (χ4v) is 1.65. The van der Waals surface area contributed by atoms with E-state index < -0.39 is 5.97 Å². The summed E-state index contributed by atoms with van der Waals surface area (Å²) in [5.41, 5.74) is 0. The van der Waals surface area contributed by atoms with Crippen molar-refractivity contribution in [2.75, 3.05) is 0 Å². The fourth-order valence-electron chi connectivity index (χ4n) is 1.65. The van der Waals surface area contributed by atoms with Crippen LogP contribution in [0.1, 0.15) is 32.4 Å². The molecule has 0 unspecified atom stereocenters. The van der Waals surface area contributed by atoms with E-state index in [0.717, 1.165) is 0 Å². The number of aliphatic carboxylic acids is 1.